The molecule has 1 aliphatic heterocycles. The van der Waals surface area contributed by atoms with Gasteiger partial charge in [-0.25, -0.2) is 0 Å². The highest BCUT2D eigenvalue weighted by Gasteiger charge is 2.17. The third kappa shape index (κ3) is 3.48. The van der Waals surface area contributed by atoms with Crippen molar-refractivity contribution in [2.24, 2.45) is 0 Å². The molecule has 1 aliphatic rings. The molecule has 4 heteroatoms. The summed E-state index contributed by atoms with van der Waals surface area (Å²) in [6, 6.07) is 6.73. The van der Waals surface area contributed by atoms with Crippen LogP contribution in [0.5, 0.6) is 0 Å². The van der Waals surface area contributed by atoms with Crippen molar-refractivity contribution < 1.29 is 0 Å². The third-order valence-corrected chi connectivity index (χ3v) is 4.04. The molecule has 1 aromatic carbocycles. The zero-order chi connectivity index (χ0) is 12.3. The van der Waals surface area contributed by atoms with Gasteiger partial charge in [-0.15, -0.1) is 0 Å². The second-order valence-electron chi connectivity index (χ2n) is 4.70. The van der Waals surface area contributed by atoms with Crippen LogP contribution in [0.1, 0.15) is 19.8 Å². The molecule has 0 radical (unpaired) electrons. The van der Waals surface area contributed by atoms with Crippen LogP contribution in [0.25, 0.3) is 0 Å². The van der Waals surface area contributed by atoms with Crippen molar-refractivity contribution in [1.29, 1.82) is 0 Å². The van der Waals surface area contributed by atoms with Crippen LogP contribution in [0, 0.1) is 3.57 Å². The Morgan fingerprint density at radius 2 is 2.12 bits per heavy atom. The second-order valence-corrected chi connectivity index (χ2v) is 5.95. The SMILES string of the molecule is CC(CNc1ccc(I)cc1N)N1CCCC1. The zero-order valence-electron chi connectivity index (χ0n) is 10.2. The van der Waals surface area contributed by atoms with Crippen LogP contribution >= 0.6 is 22.6 Å². The molecule has 1 atom stereocenters. The van der Waals surface area contributed by atoms with Crippen LogP contribution in [-0.2, 0) is 0 Å². The molecule has 94 valence electrons. The van der Waals surface area contributed by atoms with Gasteiger partial charge in [-0.3, -0.25) is 4.90 Å². The van der Waals surface area contributed by atoms with Crippen molar-refractivity contribution in [1.82, 2.24) is 4.90 Å². The fourth-order valence-corrected chi connectivity index (χ4v) is 2.78. The summed E-state index contributed by atoms with van der Waals surface area (Å²) in [5.41, 5.74) is 7.87. The Bertz CT molecular complexity index is 375. The van der Waals surface area contributed by atoms with Gasteiger partial charge in [0.15, 0.2) is 0 Å². The summed E-state index contributed by atoms with van der Waals surface area (Å²) in [5, 5.41) is 3.45. The van der Waals surface area contributed by atoms with E-state index < -0.39 is 0 Å². The third-order valence-electron chi connectivity index (χ3n) is 3.37. The molecule has 1 fully saturated rings. The van der Waals surface area contributed by atoms with Gasteiger partial charge in [0.25, 0.3) is 0 Å². The molecule has 3 N–H and O–H groups in total. The quantitative estimate of drug-likeness (QED) is 0.651. The Labute approximate surface area is 117 Å². The fourth-order valence-electron chi connectivity index (χ4n) is 2.26. The Hall–Kier alpha value is -0.490. The minimum Gasteiger partial charge on any atom is -0.397 e. The first kappa shape index (κ1) is 13.0. The smallest absolute Gasteiger partial charge is 0.0575 e. The number of halogens is 1. The Balaban J connectivity index is 1.88. The predicted octanol–water partition coefficient (Wildman–Crippen LogP) is 2.77. The fraction of sp³-hybridized carbons (Fsp3) is 0.538. The molecular weight excluding hydrogens is 325 g/mol. The number of nitrogens with two attached hydrogens (primary N) is 1. The minimum atomic E-state index is 0.580. The highest BCUT2D eigenvalue weighted by molar-refractivity contribution is 14.1. The average Bonchev–Trinajstić information content (AvgIpc) is 2.81. The van der Waals surface area contributed by atoms with E-state index in [2.05, 4.69) is 51.9 Å². The molecule has 1 saturated heterocycles. The number of hydrogen-bond donors (Lipinski definition) is 2. The summed E-state index contributed by atoms with van der Waals surface area (Å²) in [4.78, 5) is 2.54. The van der Waals surface area contributed by atoms with E-state index in [9.17, 15) is 0 Å². The van der Waals surface area contributed by atoms with Crippen LogP contribution in [-0.4, -0.2) is 30.6 Å². The molecule has 3 nitrogen and oxygen atoms in total. The monoisotopic (exact) mass is 345 g/mol. The number of anilines is 2. The van der Waals surface area contributed by atoms with Gasteiger partial charge >= 0.3 is 0 Å². The molecule has 0 aliphatic carbocycles. The van der Waals surface area contributed by atoms with Gasteiger partial charge in [-0.05, 0) is 73.6 Å². The van der Waals surface area contributed by atoms with E-state index in [4.69, 9.17) is 5.73 Å². The van der Waals surface area contributed by atoms with E-state index in [0.29, 0.717) is 6.04 Å². The number of benzene rings is 1. The van der Waals surface area contributed by atoms with Crippen LogP contribution in [0.4, 0.5) is 11.4 Å². The normalized spacial score (nSPS) is 18.2. The standard InChI is InChI=1S/C13H20IN3/c1-10(17-6-2-3-7-17)9-16-13-5-4-11(14)8-12(13)15/h4-5,8,10,16H,2-3,6-7,9,15H2,1H3. The van der Waals surface area contributed by atoms with E-state index in [0.717, 1.165) is 17.9 Å². The maximum absolute atomic E-state index is 5.98. The topological polar surface area (TPSA) is 41.3 Å². The van der Waals surface area contributed by atoms with Gasteiger partial charge in [0.05, 0.1) is 11.4 Å². The summed E-state index contributed by atoms with van der Waals surface area (Å²) in [6.07, 6.45) is 2.69. The van der Waals surface area contributed by atoms with Crippen molar-refractivity contribution in [3.63, 3.8) is 0 Å². The molecular formula is C13H20IN3. The predicted molar refractivity (Wildman–Crippen MR) is 82.3 cm³/mol. The summed E-state index contributed by atoms with van der Waals surface area (Å²) >= 11 is 2.28. The first-order valence-electron chi connectivity index (χ1n) is 6.20. The van der Waals surface area contributed by atoms with E-state index in [-0.39, 0.29) is 0 Å². The van der Waals surface area contributed by atoms with Crippen LogP contribution in [0.3, 0.4) is 0 Å². The zero-order valence-corrected chi connectivity index (χ0v) is 12.4. The van der Waals surface area contributed by atoms with Gasteiger partial charge in [-0.2, -0.15) is 0 Å². The van der Waals surface area contributed by atoms with E-state index in [1.807, 2.05) is 6.07 Å². The number of rotatable bonds is 4. The molecule has 0 bridgehead atoms. The van der Waals surface area contributed by atoms with Crippen molar-refractivity contribution in [2.45, 2.75) is 25.8 Å². The number of hydrogen-bond acceptors (Lipinski definition) is 3. The molecule has 1 heterocycles. The summed E-state index contributed by atoms with van der Waals surface area (Å²) in [7, 11) is 0. The van der Waals surface area contributed by atoms with Crippen molar-refractivity contribution in [2.75, 3.05) is 30.7 Å². The van der Waals surface area contributed by atoms with Crippen LogP contribution < -0.4 is 11.1 Å². The van der Waals surface area contributed by atoms with Crippen molar-refractivity contribution >= 4 is 34.0 Å². The maximum Gasteiger partial charge on any atom is 0.0575 e. The van der Waals surface area contributed by atoms with Gasteiger partial charge in [0.1, 0.15) is 0 Å². The van der Waals surface area contributed by atoms with Crippen LogP contribution in [0.15, 0.2) is 18.2 Å². The Morgan fingerprint density at radius 1 is 1.41 bits per heavy atom. The van der Waals surface area contributed by atoms with Gasteiger partial charge in [0, 0.05) is 16.2 Å². The van der Waals surface area contributed by atoms with Gasteiger partial charge in [0.2, 0.25) is 0 Å². The number of likely N-dealkylation sites (tertiary alicyclic amines) is 1. The average molecular weight is 345 g/mol. The second kappa shape index (κ2) is 5.91. The van der Waals surface area contributed by atoms with E-state index in [1.54, 1.807) is 0 Å². The van der Waals surface area contributed by atoms with Crippen LogP contribution in [0.2, 0.25) is 0 Å². The first-order valence-corrected chi connectivity index (χ1v) is 7.27. The highest BCUT2D eigenvalue weighted by Crippen LogP contribution is 2.21. The van der Waals surface area contributed by atoms with Gasteiger partial charge in [-0.1, -0.05) is 0 Å². The van der Waals surface area contributed by atoms with E-state index >= 15 is 0 Å². The largest absolute Gasteiger partial charge is 0.397 e. The number of nitrogen functional groups attached to an aromatic ring is 1. The molecule has 17 heavy (non-hydrogen) atoms. The van der Waals surface area contributed by atoms with Crippen molar-refractivity contribution in [3.05, 3.63) is 21.8 Å². The molecule has 0 saturated carbocycles. The molecule has 1 aromatic rings. The summed E-state index contributed by atoms with van der Waals surface area (Å²) in [5.74, 6) is 0. The molecule has 0 spiro atoms. The number of nitrogens with zero attached hydrogens (tertiary/aromatic N) is 1. The Kier molecular flexibility index (Phi) is 4.50. The highest BCUT2D eigenvalue weighted by atomic mass is 127. The van der Waals surface area contributed by atoms with E-state index in [1.165, 1.54) is 29.5 Å². The first-order chi connectivity index (χ1) is 8.16. The molecule has 2 rings (SSSR count). The minimum absolute atomic E-state index is 0.580. The Morgan fingerprint density at radius 3 is 2.76 bits per heavy atom. The van der Waals surface area contributed by atoms with Gasteiger partial charge < -0.3 is 11.1 Å². The lowest BCUT2D eigenvalue weighted by Crippen LogP contribution is -2.35. The summed E-state index contributed by atoms with van der Waals surface area (Å²) < 4.78 is 1.18. The summed E-state index contributed by atoms with van der Waals surface area (Å²) in [6.45, 7) is 5.72. The maximum atomic E-state index is 5.98. The lowest BCUT2D eigenvalue weighted by Gasteiger charge is -2.24. The lowest BCUT2D eigenvalue weighted by atomic mass is 10.2. The molecule has 0 aromatic heterocycles. The molecule has 1 unspecified atom stereocenters. The van der Waals surface area contributed by atoms with Crippen molar-refractivity contribution in [3.8, 4) is 0 Å². The number of nitrogens with one attached hydrogen (secondary N) is 1. The lowest BCUT2D eigenvalue weighted by molar-refractivity contribution is 0.269. The molecule has 0 amide bonds.